The highest BCUT2D eigenvalue weighted by Gasteiger charge is 2.18. The summed E-state index contributed by atoms with van der Waals surface area (Å²) in [5.74, 6) is -0.759. The SMILES string of the molecule is CN(Cc1ccccc1)C(=O)c1cc(C(=O)NCCCC2CNCCO2)c[nH]c1=O. The first-order valence-electron chi connectivity index (χ1n) is 10.2. The summed E-state index contributed by atoms with van der Waals surface area (Å²) < 4.78 is 5.63. The van der Waals surface area contributed by atoms with Crippen LogP contribution in [0.15, 0.2) is 47.4 Å². The van der Waals surface area contributed by atoms with E-state index in [1.165, 1.54) is 17.2 Å². The van der Waals surface area contributed by atoms with E-state index < -0.39 is 11.5 Å². The highest BCUT2D eigenvalue weighted by atomic mass is 16.5. The topological polar surface area (TPSA) is 104 Å². The molecule has 0 saturated carbocycles. The molecule has 2 heterocycles. The van der Waals surface area contributed by atoms with Crippen molar-refractivity contribution in [3.63, 3.8) is 0 Å². The van der Waals surface area contributed by atoms with Gasteiger partial charge in [-0.15, -0.1) is 0 Å². The molecular formula is C22H28N4O4. The Morgan fingerprint density at radius 2 is 2.07 bits per heavy atom. The number of hydrogen-bond acceptors (Lipinski definition) is 5. The monoisotopic (exact) mass is 412 g/mol. The van der Waals surface area contributed by atoms with Gasteiger partial charge in [0.1, 0.15) is 5.56 Å². The van der Waals surface area contributed by atoms with Gasteiger partial charge < -0.3 is 25.3 Å². The zero-order valence-electron chi connectivity index (χ0n) is 17.1. The van der Waals surface area contributed by atoms with Crippen LogP contribution in [0.25, 0.3) is 0 Å². The highest BCUT2D eigenvalue weighted by Crippen LogP contribution is 2.08. The van der Waals surface area contributed by atoms with E-state index in [-0.39, 0.29) is 23.1 Å². The van der Waals surface area contributed by atoms with E-state index in [2.05, 4.69) is 15.6 Å². The van der Waals surface area contributed by atoms with Gasteiger partial charge >= 0.3 is 0 Å². The van der Waals surface area contributed by atoms with Gasteiger partial charge in [0.2, 0.25) is 0 Å². The number of carbonyl (C=O) groups is 2. The van der Waals surface area contributed by atoms with Crippen LogP contribution in [0.4, 0.5) is 0 Å². The van der Waals surface area contributed by atoms with Crippen molar-refractivity contribution in [3.8, 4) is 0 Å². The molecule has 160 valence electrons. The third kappa shape index (κ3) is 6.01. The number of H-pyrrole nitrogens is 1. The van der Waals surface area contributed by atoms with E-state index in [1.807, 2.05) is 30.3 Å². The van der Waals surface area contributed by atoms with Gasteiger partial charge in [-0.3, -0.25) is 14.4 Å². The average molecular weight is 412 g/mol. The summed E-state index contributed by atoms with van der Waals surface area (Å²) in [6.07, 6.45) is 3.15. The molecule has 2 amide bonds. The van der Waals surface area contributed by atoms with Crippen LogP contribution >= 0.6 is 0 Å². The van der Waals surface area contributed by atoms with E-state index in [9.17, 15) is 14.4 Å². The molecule has 1 atom stereocenters. The number of aromatic amines is 1. The molecule has 1 saturated heterocycles. The predicted octanol–water partition coefficient (Wildman–Crippen LogP) is 1.15. The number of ether oxygens (including phenoxy) is 1. The molecule has 1 aliphatic heterocycles. The van der Waals surface area contributed by atoms with Crippen molar-refractivity contribution in [3.05, 3.63) is 69.6 Å². The zero-order valence-corrected chi connectivity index (χ0v) is 17.1. The van der Waals surface area contributed by atoms with Crippen LogP contribution in [0.3, 0.4) is 0 Å². The molecule has 1 aromatic carbocycles. The number of rotatable bonds is 8. The Hall–Kier alpha value is -2.97. The largest absolute Gasteiger partial charge is 0.376 e. The van der Waals surface area contributed by atoms with Gasteiger partial charge in [-0.25, -0.2) is 0 Å². The van der Waals surface area contributed by atoms with E-state index in [0.717, 1.165) is 31.5 Å². The summed E-state index contributed by atoms with van der Waals surface area (Å²) >= 11 is 0. The summed E-state index contributed by atoms with van der Waals surface area (Å²) in [4.78, 5) is 41.3. The van der Waals surface area contributed by atoms with Gasteiger partial charge in [0, 0.05) is 39.4 Å². The quantitative estimate of drug-likeness (QED) is 0.565. The minimum Gasteiger partial charge on any atom is -0.376 e. The Morgan fingerprint density at radius 3 is 2.80 bits per heavy atom. The van der Waals surface area contributed by atoms with Gasteiger partial charge in [-0.1, -0.05) is 30.3 Å². The van der Waals surface area contributed by atoms with Crippen molar-refractivity contribution in [2.75, 3.05) is 33.3 Å². The number of nitrogens with one attached hydrogen (secondary N) is 3. The molecule has 1 fully saturated rings. The summed E-state index contributed by atoms with van der Waals surface area (Å²) in [5.41, 5.74) is 0.638. The van der Waals surface area contributed by atoms with Crippen LogP contribution in [-0.4, -0.2) is 61.1 Å². The van der Waals surface area contributed by atoms with Crippen LogP contribution in [0.1, 0.15) is 39.1 Å². The number of aromatic nitrogens is 1. The first-order chi connectivity index (χ1) is 14.5. The number of nitrogens with zero attached hydrogens (tertiary/aromatic N) is 1. The molecule has 0 radical (unpaired) electrons. The van der Waals surface area contributed by atoms with Crippen LogP contribution in [0.5, 0.6) is 0 Å². The van der Waals surface area contributed by atoms with E-state index in [0.29, 0.717) is 19.7 Å². The van der Waals surface area contributed by atoms with Crippen LogP contribution < -0.4 is 16.2 Å². The molecular weight excluding hydrogens is 384 g/mol. The summed E-state index contributed by atoms with van der Waals surface area (Å²) in [6, 6.07) is 10.9. The Bertz CT molecular complexity index is 907. The van der Waals surface area contributed by atoms with Crippen molar-refractivity contribution < 1.29 is 14.3 Å². The molecule has 1 unspecified atom stereocenters. The van der Waals surface area contributed by atoms with Crippen LogP contribution in [-0.2, 0) is 11.3 Å². The van der Waals surface area contributed by atoms with Gasteiger partial charge in [0.25, 0.3) is 17.4 Å². The Morgan fingerprint density at radius 1 is 1.27 bits per heavy atom. The first kappa shape index (κ1) is 21.7. The van der Waals surface area contributed by atoms with Gasteiger partial charge in [-0.2, -0.15) is 0 Å². The van der Waals surface area contributed by atoms with Crippen LogP contribution in [0.2, 0.25) is 0 Å². The molecule has 8 nitrogen and oxygen atoms in total. The average Bonchev–Trinajstić information content (AvgIpc) is 2.78. The maximum atomic E-state index is 12.7. The molecule has 2 aromatic rings. The second-order valence-corrected chi connectivity index (χ2v) is 7.37. The maximum Gasteiger partial charge on any atom is 0.260 e. The molecule has 3 N–H and O–H groups in total. The van der Waals surface area contributed by atoms with Crippen molar-refractivity contribution in [1.29, 1.82) is 0 Å². The number of benzene rings is 1. The second-order valence-electron chi connectivity index (χ2n) is 7.37. The van der Waals surface area contributed by atoms with Gasteiger partial charge in [0.15, 0.2) is 0 Å². The maximum absolute atomic E-state index is 12.7. The molecule has 1 aliphatic rings. The van der Waals surface area contributed by atoms with Crippen molar-refractivity contribution in [1.82, 2.24) is 20.5 Å². The number of carbonyl (C=O) groups excluding carboxylic acids is 2. The third-order valence-corrected chi connectivity index (χ3v) is 5.00. The lowest BCUT2D eigenvalue weighted by molar-refractivity contribution is 0.0225. The van der Waals surface area contributed by atoms with E-state index in [1.54, 1.807) is 7.05 Å². The Kier molecular flexibility index (Phi) is 7.75. The molecule has 8 heteroatoms. The molecule has 0 spiro atoms. The fourth-order valence-electron chi connectivity index (χ4n) is 3.35. The van der Waals surface area contributed by atoms with Crippen molar-refractivity contribution >= 4 is 11.8 Å². The van der Waals surface area contributed by atoms with Crippen molar-refractivity contribution in [2.24, 2.45) is 0 Å². The second kappa shape index (κ2) is 10.7. The molecule has 3 rings (SSSR count). The first-order valence-corrected chi connectivity index (χ1v) is 10.2. The molecule has 0 aliphatic carbocycles. The van der Waals surface area contributed by atoms with E-state index in [4.69, 9.17) is 4.74 Å². The minimum absolute atomic E-state index is 0.0530. The molecule has 0 bridgehead atoms. The summed E-state index contributed by atoms with van der Waals surface area (Å²) in [7, 11) is 1.63. The fourth-order valence-corrected chi connectivity index (χ4v) is 3.35. The molecule has 30 heavy (non-hydrogen) atoms. The lowest BCUT2D eigenvalue weighted by atomic mass is 10.1. The third-order valence-electron chi connectivity index (χ3n) is 5.00. The smallest absolute Gasteiger partial charge is 0.260 e. The fraction of sp³-hybridized carbons (Fsp3) is 0.409. The van der Waals surface area contributed by atoms with E-state index >= 15 is 0 Å². The normalized spacial score (nSPS) is 16.1. The molecule has 1 aromatic heterocycles. The lowest BCUT2D eigenvalue weighted by Crippen LogP contribution is -2.39. The van der Waals surface area contributed by atoms with Crippen LogP contribution in [0, 0.1) is 0 Å². The number of pyridine rings is 1. The Labute approximate surface area is 175 Å². The predicted molar refractivity (Wildman–Crippen MR) is 113 cm³/mol. The highest BCUT2D eigenvalue weighted by molar-refractivity contribution is 5.99. The zero-order chi connectivity index (χ0) is 21.3. The number of amides is 2. The standard InChI is InChI=1S/C22H28N4O4/c1-26(15-16-6-3-2-4-7-16)22(29)19-12-17(13-25-21(19)28)20(27)24-9-5-8-18-14-23-10-11-30-18/h2-4,6-7,12-13,18,23H,5,8-11,14-15H2,1H3,(H,24,27)(H,25,28). The summed E-state index contributed by atoms with van der Waals surface area (Å²) in [6.45, 7) is 3.28. The minimum atomic E-state index is -0.515. The lowest BCUT2D eigenvalue weighted by Gasteiger charge is -2.23. The van der Waals surface area contributed by atoms with Gasteiger partial charge in [-0.05, 0) is 24.5 Å². The number of hydrogen-bond donors (Lipinski definition) is 3. The number of morpholine rings is 1. The Balaban J connectivity index is 1.56. The summed E-state index contributed by atoms with van der Waals surface area (Å²) in [5, 5.41) is 6.11. The van der Waals surface area contributed by atoms with Crippen molar-refractivity contribution in [2.45, 2.75) is 25.5 Å². The van der Waals surface area contributed by atoms with Gasteiger partial charge in [0.05, 0.1) is 18.3 Å².